The van der Waals surface area contributed by atoms with Gasteiger partial charge in [0.05, 0.1) is 24.3 Å². The van der Waals surface area contributed by atoms with Crippen molar-refractivity contribution in [2.45, 2.75) is 26.9 Å². The molecule has 0 unspecified atom stereocenters. The summed E-state index contributed by atoms with van der Waals surface area (Å²) in [6, 6.07) is 3.59. The third-order valence-corrected chi connectivity index (χ3v) is 4.83. The Balaban J connectivity index is 1.67. The molecule has 0 bridgehead atoms. The molecule has 28 heavy (non-hydrogen) atoms. The number of fused-ring (bicyclic) bond motifs is 1. The van der Waals surface area contributed by atoms with E-state index in [9.17, 15) is 4.79 Å². The molecule has 0 atom stereocenters. The summed E-state index contributed by atoms with van der Waals surface area (Å²) < 4.78 is 9.49. The lowest BCUT2D eigenvalue weighted by Gasteiger charge is -2.27. The standard InChI is InChI=1S/C21H25ClN4O2/c1-5-6-16(9-15(2)3)14-28-20-11-18-13-25(7-8-26(18)23-20)21(27)17-10-19(22)24(4)12-17/h5-6,9-12H,2,7-8,13-14H2,1,3-4H3/b6-5-,16-9+. The first-order chi connectivity index (χ1) is 13.4. The van der Waals surface area contributed by atoms with Gasteiger partial charge in [0.25, 0.3) is 5.91 Å². The van der Waals surface area contributed by atoms with Gasteiger partial charge in [0.1, 0.15) is 11.8 Å². The van der Waals surface area contributed by atoms with Crippen LogP contribution in [0.3, 0.4) is 0 Å². The molecule has 0 aromatic carbocycles. The summed E-state index contributed by atoms with van der Waals surface area (Å²) in [5, 5.41) is 5.05. The Morgan fingerprint density at radius 2 is 2.18 bits per heavy atom. The zero-order valence-corrected chi connectivity index (χ0v) is 17.2. The number of halogens is 1. The lowest BCUT2D eigenvalue weighted by Crippen LogP contribution is -2.38. The molecule has 3 rings (SSSR count). The Morgan fingerprint density at radius 3 is 2.82 bits per heavy atom. The van der Waals surface area contributed by atoms with Gasteiger partial charge < -0.3 is 14.2 Å². The molecule has 1 aliphatic rings. The van der Waals surface area contributed by atoms with E-state index in [1.165, 1.54) is 0 Å². The summed E-state index contributed by atoms with van der Waals surface area (Å²) in [5.41, 5.74) is 3.54. The molecule has 1 aliphatic heterocycles. The monoisotopic (exact) mass is 400 g/mol. The number of carbonyl (C=O) groups excluding carboxylic acids is 1. The molecular weight excluding hydrogens is 376 g/mol. The van der Waals surface area contributed by atoms with Crippen LogP contribution in [-0.4, -0.2) is 38.3 Å². The van der Waals surface area contributed by atoms with Gasteiger partial charge in [-0.1, -0.05) is 42.0 Å². The van der Waals surface area contributed by atoms with Crippen LogP contribution in [0.5, 0.6) is 5.88 Å². The number of nitrogens with zero attached hydrogens (tertiary/aromatic N) is 4. The number of aromatic nitrogens is 3. The maximum atomic E-state index is 12.7. The van der Waals surface area contributed by atoms with Crippen LogP contribution in [0.2, 0.25) is 5.15 Å². The number of carbonyl (C=O) groups is 1. The van der Waals surface area contributed by atoms with Crippen LogP contribution in [0, 0.1) is 0 Å². The Kier molecular flexibility index (Phi) is 6.09. The van der Waals surface area contributed by atoms with E-state index in [2.05, 4.69) is 11.7 Å². The molecule has 0 aliphatic carbocycles. The molecule has 0 fully saturated rings. The highest BCUT2D eigenvalue weighted by Crippen LogP contribution is 2.22. The van der Waals surface area contributed by atoms with Crippen LogP contribution in [0.1, 0.15) is 29.9 Å². The highest BCUT2D eigenvalue weighted by Gasteiger charge is 2.24. The number of aryl methyl sites for hydroxylation is 1. The molecule has 0 saturated heterocycles. The summed E-state index contributed by atoms with van der Waals surface area (Å²) in [7, 11) is 1.82. The Hall–Kier alpha value is -2.73. The number of hydrogen-bond acceptors (Lipinski definition) is 3. The molecule has 148 valence electrons. The summed E-state index contributed by atoms with van der Waals surface area (Å²) in [6.45, 7) is 9.96. The van der Waals surface area contributed by atoms with Gasteiger partial charge in [-0.15, -0.1) is 5.10 Å². The van der Waals surface area contributed by atoms with E-state index >= 15 is 0 Å². The average molecular weight is 401 g/mol. The van der Waals surface area contributed by atoms with Crippen LogP contribution >= 0.6 is 11.6 Å². The zero-order valence-electron chi connectivity index (χ0n) is 16.5. The highest BCUT2D eigenvalue weighted by atomic mass is 35.5. The molecule has 3 heterocycles. The van der Waals surface area contributed by atoms with E-state index in [1.54, 1.807) is 21.7 Å². The number of hydrogen-bond donors (Lipinski definition) is 0. The summed E-state index contributed by atoms with van der Waals surface area (Å²) in [6.07, 6.45) is 7.70. The van der Waals surface area contributed by atoms with Crippen LogP contribution < -0.4 is 4.74 Å². The topological polar surface area (TPSA) is 52.3 Å². The maximum absolute atomic E-state index is 12.7. The van der Waals surface area contributed by atoms with Crippen molar-refractivity contribution in [1.29, 1.82) is 0 Å². The van der Waals surface area contributed by atoms with Gasteiger partial charge in [0.2, 0.25) is 5.88 Å². The molecule has 0 spiro atoms. The van der Waals surface area contributed by atoms with Crippen molar-refractivity contribution in [2.24, 2.45) is 7.05 Å². The van der Waals surface area contributed by atoms with Crippen molar-refractivity contribution in [2.75, 3.05) is 13.2 Å². The van der Waals surface area contributed by atoms with Gasteiger partial charge in [0.15, 0.2) is 0 Å². The molecule has 0 radical (unpaired) electrons. The van der Waals surface area contributed by atoms with Crippen LogP contribution in [-0.2, 0) is 20.1 Å². The maximum Gasteiger partial charge on any atom is 0.255 e. The first-order valence-corrected chi connectivity index (χ1v) is 9.54. The summed E-state index contributed by atoms with van der Waals surface area (Å²) >= 11 is 6.06. The Labute approximate surface area is 170 Å². The van der Waals surface area contributed by atoms with E-state index < -0.39 is 0 Å². The first kappa shape index (κ1) is 20.0. The Bertz CT molecular complexity index is 932. The fourth-order valence-electron chi connectivity index (χ4n) is 3.15. The summed E-state index contributed by atoms with van der Waals surface area (Å²) in [4.78, 5) is 14.5. The minimum absolute atomic E-state index is 0.0304. The molecular formula is C21H25ClN4O2. The van der Waals surface area contributed by atoms with E-state index in [4.69, 9.17) is 16.3 Å². The second kappa shape index (κ2) is 8.52. The van der Waals surface area contributed by atoms with E-state index in [0.717, 1.165) is 16.8 Å². The van der Waals surface area contributed by atoms with Gasteiger partial charge >= 0.3 is 0 Å². The van der Waals surface area contributed by atoms with Crippen molar-refractivity contribution in [3.05, 3.63) is 70.7 Å². The third kappa shape index (κ3) is 4.57. The van der Waals surface area contributed by atoms with Gasteiger partial charge in [0, 0.05) is 25.9 Å². The first-order valence-electron chi connectivity index (χ1n) is 9.17. The molecule has 1 amide bonds. The molecule has 7 heteroatoms. The van der Waals surface area contributed by atoms with E-state index in [1.807, 2.05) is 49.9 Å². The SMILES string of the molecule is C=C(C)/C=C(\C=C/C)COc1cc2n(n1)CCN(C(=O)c1cc(Cl)n(C)c1)C2. The van der Waals surface area contributed by atoms with Crippen molar-refractivity contribution in [3.8, 4) is 5.88 Å². The molecule has 0 saturated carbocycles. The quantitative estimate of drug-likeness (QED) is 0.689. The fourth-order valence-corrected chi connectivity index (χ4v) is 3.31. The molecule has 0 N–H and O–H groups in total. The normalized spacial score (nSPS) is 14.4. The largest absolute Gasteiger partial charge is 0.472 e. The fraction of sp³-hybridized carbons (Fsp3) is 0.333. The third-order valence-electron chi connectivity index (χ3n) is 4.45. The van der Waals surface area contributed by atoms with Gasteiger partial charge in [-0.2, -0.15) is 0 Å². The number of ether oxygens (including phenoxy) is 1. The lowest BCUT2D eigenvalue weighted by atomic mass is 10.2. The second-order valence-electron chi connectivity index (χ2n) is 6.94. The highest BCUT2D eigenvalue weighted by molar-refractivity contribution is 6.30. The predicted octanol–water partition coefficient (Wildman–Crippen LogP) is 3.99. The van der Waals surface area contributed by atoms with Crippen molar-refractivity contribution < 1.29 is 9.53 Å². The smallest absolute Gasteiger partial charge is 0.255 e. The average Bonchev–Trinajstić information content (AvgIpc) is 3.21. The van der Waals surface area contributed by atoms with E-state index in [-0.39, 0.29) is 5.91 Å². The summed E-state index contributed by atoms with van der Waals surface area (Å²) in [5.74, 6) is 0.529. The number of amides is 1. The predicted molar refractivity (Wildman–Crippen MR) is 111 cm³/mol. The minimum atomic E-state index is -0.0304. The lowest BCUT2D eigenvalue weighted by molar-refractivity contribution is 0.0706. The van der Waals surface area contributed by atoms with Crippen LogP contribution in [0.4, 0.5) is 0 Å². The van der Waals surface area contributed by atoms with E-state index in [0.29, 0.717) is 42.8 Å². The van der Waals surface area contributed by atoms with Gasteiger partial charge in [-0.25, -0.2) is 0 Å². The minimum Gasteiger partial charge on any atom is -0.472 e. The van der Waals surface area contributed by atoms with Crippen molar-refractivity contribution in [1.82, 2.24) is 19.2 Å². The van der Waals surface area contributed by atoms with Crippen molar-refractivity contribution in [3.63, 3.8) is 0 Å². The molecule has 2 aromatic rings. The van der Waals surface area contributed by atoms with Crippen LogP contribution in [0.15, 0.2) is 54.3 Å². The molecule has 2 aromatic heterocycles. The number of rotatable bonds is 6. The zero-order chi connectivity index (χ0) is 20.3. The van der Waals surface area contributed by atoms with Gasteiger partial charge in [-0.05, 0) is 25.5 Å². The van der Waals surface area contributed by atoms with Gasteiger partial charge in [-0.3, -0.25) is 9.48 Å². The van der Waals surface area contributed by atoms with Crippen LogP contribution in [0.25, 0.3) is 0 Å². The van der Waals surface area contributed by atoms with Crippen molar-refractivity contribution >= 4 is 17.5 Å². The second-order valence-corrected chi connectivity index (χ2v) is 7.33. The Morgan fingerprint density at radius 1 is 1.39 bits per heavy atom. The molecule has 6 nitrogen and oxygen atoms in total. The number of allylic oxidation sites excluding steroid dienone is 3.